The highest BCUT2D eigenvalue weighted by molar-refractivity contribution is 6.99. The van der Waals surface area contributed by atoms with E-state index in [4.69, 9.17) is 9.16 Å². The molecule has 1 aliphatic rings. The first-order chi connectivity index (χ1) is 20.7. The van der Waals surface area contributed by atoms with Crippen LogP contribution < -0.4 is 10.4 Å². The number of hydrogen-bond donors (Lipinski definition) is 0. The average molecular weight is 596 g/mol. The van der Waals surface area contributed by atoms with Crippen molar-refractivity contribution in [1.82, 2.24) is 4.90 Å². The van der Waals surface area contributed by atoms with Crippen molar-refractivity contribution in [2.24, 2.45) is 5.92 Å². The topological polar surface area (TPSA) is 55.8 Å². The molecule has 1 aliphatic heterocycles. The summed E-state index contributed by atoms with van der Waals surface area (Å²) in [4.78, 5) is 27.8. The molecule has 2 amide bonds. The maximum absolute atomic E-state index is 13.9. The van der Waals surface area contributed by atoms with Gasteiger partial charge in [-0.25, -0.2) is 14.1 Å². The molecule has 1 fully saturated rings. The maximum Gasteiger partial charge on any atom is 0.416 e. The van der Waals surface area contributed by atoms with E-state index in [1.807, 2.05) is 66.7 Å². The van der Waals surface area contributed by atoms with Gasteiger partial charge in [0, 0.05) is 25.5 Å². The molecule has 0 spiro atoms. The molecular formula is C36H38FNO4Si. The van der Waals surface area contributed by atoms with Crippen molar-refractivity contribution >= 4 is 30.7 Å². The van der Waals surface area contributed by atoms with Crippen molar-refractivity contribution in [3.8, 4) is 0 Å². The van der Waals surface area contributed by atoms with Crippen molar-refractivity contribution in [1.29, 1.82) is 0 Å². The van der Waals surface area contributed by atoms with Crippen LogP contribution in [0.3, 0.4) is 0 Å². The Balaban J connectivity index is 1.48. The number of carbonyl (C=O) groups is 2. The first-order valence-electron chi connectivity index (χ1n) is 14.7. The number of nitrogens with zero attached hydrogens (tertiary/aromatic N) is 1. The van der Waals surface area contributed by atoms with Crippen molar-refractivity contribution in [2.45, 2.75) is 44.8 Å². The second kappa shape index (κ2) is 13.1. The minimum atomic E-state index is -2.88. The summed E-state index contributed by atoms with van der Waals surface area (Å²) in [5.41, 5.74) is 1.69. The highest BCUT2D eigenvalue weighted by Gasteiger charge is 2.51. The molecule has 4 aromatic carbocycles. The van der Waals surface area contributed by atoms with E-state index in [9.17, 15) is 14.0 Å². The van der Waals surface area contributed by atoms with Crippen LogP contribution in [0.1, 0.15) is 44.2 Å². The highest BCUT2D eigenvalue weighted by atomic mass is 28.4. The molecule has 43 heavy (non-hydrogen) atoms. The van der Waals surface area contributed by atoms with Gasteiger partial charge in [0.1, 0.15) is 12.4 Å². The number of ether oxygens (including phenoxy) is 1. The van der Waals surface area contributed by atoms with Gasteiger partial charge in [0.2, 0.25) is 5.91 Å². The summed E-state index contributed by atoms with van der Waals surface area (Å²) < 4.78 is 26.7. The zero-order valence-corrected chi connectivity index (χ0v) is 25.9. The summed E-state index contributed by atoms with van der Waals surface area (Å²) >= 11 is 0. The van der Waals surface area contributed by atoms with Crippen LogP contribution in [0.5, 0.6) is 0 Å². The average Bonchev–Trinajstić information content (AvgIpc) is 3.02. The first kappa shape index (κ1) is 30.4. The van der Waals surface area contributed by atoms with Crippen LogP contribution in [0.4, 0.5) is 9.18 Å². The number of carbonyl (C=O) groups excluding carboxylic acids is 2. The molecule has 0 bridgehead atoms. The minimum Gasteiger partial charge on any atom is -0.444 e. The van der Waals surface area contributed by atoms with Gasteiger partial charge in [0.15, 0.2) is 0 Å². The van der Waals surface area contributed by atoms with Crippen LogP contribution in [-0.2, 0) is 20.6 Å². The number of halogens is 1. The number of hydrogen-bond acceptors (Lipinski definition) is 4. The second-order valence-electron chi connectivity index (χ2n) is 12.1. The van der Waals surface area contributed by atoms with Crippen LogP contribution in [0.2, 0.25) is 5.04 Å². The van der Waals surface area contributed by atoms with E-state index in [-0.39, 0.29) is 48.2 Å². The normalized spacial score (nSPS) is 17.5. The smallest absolute Gasteiger partial charge is 0.416 e. The van der Waals surface area contributed by atoms with E-state index in [0.29, 0.717) is 6.61 Å². The lowest BCUT2D eigenvalue weighted by molar-refractivity contribution is -0.134. The second-order valence-corrected chi connectivity index (χ2v) is 16.4. The third-order valence-corrected chi connectivity index (χ3v) is 13.3. The molecule has 0 N–H and O–H groups in total. The zero-order valence-electron chi connectivity index (χ0n) is 24.9. The predicted molar refractivity (Wildman–Crippen MR) is 169 cm³/mol. The summed E-state index contributed by atoms with van der Waals surface area (Å²) in [6, 6.07) is 36.4. The van der Waals surface area contributed by atoms with Gasteiger partial charge in [-0.1, -0.05) is 124 Å². The highest BCUT2D eigenvalue weighted by Crippen LogP contribution is 2.40. The Hall–Kier alpha value is -4.07. The standard InChI is InChI=1S/C36H38FNO4Si/c1-36(2,3)43(31-15-9-5-10-16-31,32-17-11-6-12-18-32)42-26-29-24-38(35(40)41-25-27-13-7-4-8-14-27)34(39)23-33(29)28-19-21-30(37)22-20-28/h4-22,29,33H,23-26H2,1-3H3/t29-,33-/m0/s1. The number of piperidine rings is 1. The molecule has 0 unspecified atom stereocenters. The molecule has 1 heterocycles. The van der Waals surface area contributed by atoms with Gasteiger partial charge in [0.05, 0.1) is 0 Å². The number of benzene rings is 4. The van der Waals surface area contributed by atoms with Gasteiger partial charge < -0.3 is 9.16 Å². The number of imide groups is 1. The molecule has 0 saturated carbocycles. The molecule has 5 rings (SSSR count). The third kappa shape index (κ3) is 6.63. The van der Waals surface area contributed by atoms with Crippen LogP contribution in [-0.4, -0.2) is 38.4 Å². The maximum atomic E-state index is 13.9. The molecule has 1 saturated heterocycles. The minimum absolute atomic E-state index is 0.0775. The molecule has 2 atom stereocenters. The van der Waals surface area contributed by atoms with Gasteiger partial charge in [-0.2, -0.15) is 0 Å². The lowest BCUT2D eigenvalue weighted by Gasteiger charge is -2.45. The molecule has 5 nitrogen and oxygen atoms in total. The van der Waals surface area contributed by atoms with E-state index in [0.717, 1.165) is 21.5 Å². The predicted octanol–water partition coefficient (Wildman–Crippen LogP) is 6.67. The molecule has 0 aliphatic carbocycles. The summed E-state index contributed by atoms with van der Waals surface area (Å²) in [5.74, 6) is -1.12. The van der Waals surface area contributed by atoms with E-state index in [1.165, 1.54) is 17.0 Å². The molecular weight excluding hydrogens is 557 g/mol. The SMILES string of the molecule is CC(C)(C)[Si](OC[C@@H]1CN(C(=O)OCc2ccccc2)C(=O)C[C@H]1c1ccc(F)cc1)(c1ccccc1)c1ccccc1. The Kier molecular flexibility index (Phi) is 9.23. The monoisotopic (exact) mass is 595 g/mol. The molecule has 7 heteroatoms. The summed E-state index contributed by atoms with van der Waals surface area (Å²) in [5, 5.41) is 2.07. The molecule has 0 radical (unpaired) electrons. The Bertz CT molecular complexity index is 1470. The van der Waals surface area contributed by atoms with E-state index in [1.54, 1.807) is 12.1 Å². The zero-order chi connectivity index (χ0) is 30.5. The Morgan fingerprint density at radius 1 is 0.837 bits per heavy atom. The largest absolute Gasteiger partial charge is 0.444 e. The lowest BCUT2D eigenvalue weighted by atomic mass is 9.80. The number of likely N-dealkylation sites (tertiary alicyclic amines) is 1. The van der Waals surface area contributed by atoms with E-state index < -0.39 is 14.4 Å². The van der Waals surface area contributed by atoms with Gasteiger partial charge >= 0.3 is 6.09 Å². The first-order valence-corrected chi connectivity index (χ1v) is 16.6. The molecule has 222 valence electrons. The van der Waals surface area contributed by atoms with E-state index >= 15 is 0 Å². The fourth-order valence-electron chi connectivity index (χ4n) is 6.16. The van der Waals surface area contributed by atoms with Gasteiger partial charge in [-0.05, 0) is 44.6 Å². The fourth-order valence-corrected chi connectivity index (χ4v) is 10.8. The Morgan fingerprint density at radius 2 is 1.37 bits per heavy atom. The molecule has 0 aromatic heterocycles. The Morgan fingerprint density at radius 3 is 1.91 bits per heavy atom. The summed E-state index contributed by atoms with van der Waals surface area (Å²) in [6.45, 7) is 7.18. The van der Waals surface area contributed by atoms with E-state index in [2.05, 4.69) is 45.0 Å². The quantitative estimate of drug-likeness (QED) is 0.214. The van der Waals surface area contributed by atoms with Gasteiger partial charge in [-0.15, -0.1) is 0 Å². The summed E-state index contributed by atoms with van der Waals surface area (Å²) in [7, 11) is -2.88. The summed E-state index contributed by atoms with van der Waals surface area (Å²) in [6.07, 6.45) is -0.567. The van der Waals surface area contributed by atoms with Crippen LogP contribution >= 0.6 is 0 Å². The van der Waals surface area contributed by atoms with Crippen LogP contribution in [0.25, 0.3) is 0 Å². The van der Waals surface area contributed by atoms with Crippen molar-refractivity contribution in [3.05, 3.63) is 132 Å². The van der Waals surface area contributed by atoms with Crippen molar-refractivity contribution in [3.63, 3.8) is 0 Å². The van der Waals surface area contributed by atoms with Crippen LogP contribution in [0.15, 0.2) is 115 Å². The fraction of sp³-hybridized carbons (Fsp3) is 0.278. The lowest BCUT2D eigenvalue weighted by Crippen LogP contribution is -2.67. The van der Waals surface area contributed by atoms with Gasteiger partial charge in [-0.3, -0.25) is 4.79 Å². The van der Waals surface area contributed by atoms with Crippen molar-refractivity contribution in [2.75, 3.05) is 13.2 Å². The molecule has 4 aromatic rings. The Labute approximate surface area is 254 Å². The third-order valence-electron chi connectivity index (χ3n) is 8.34. The number of rotatable bonds is 8. The van der Waals surface area contributed by atoms with Crippen molar-refractivity contribution < 1.29 is 23.1 Å². The number of amides is 2. The van der Waals surface area contributed by atoms with Crippen LogP contribution in [0, 0.1) is 11.7 Å². The van der Waals surface area contributed by atoms with Gasteiger partial charge in [0.25, 0.3) is 8.32 Å².